The fourth-order valence-corrected chi connectivity index (χ4v) is 7.23. The van der Waals surface area contributed by atoms with Gasteiger partial charge in [-0.05, 0) is 103 Å². The number of rotatable bonds is 9. The van der Waals surface area contributed by atoms with Crippen LogP contribution in [0.1, 0.15) is 112 Å². The van der Waals surface area contributed by atoms with E-state index >= 15 is 0 Å². The van der Waals surface area contributed by atoms with E-state index in [1.165, 1.54) is 65.5 Å². The zero-order valence-corrected chi connectivity index (χ0v) is 26.9. The van der Waals surface area contributed by atoms with E-state index < -0.39 is 11.7 Å². The van der Waals surface area contributed by atoms with Crippen LogP contribution in [0, 0.1) is 10.8 Å². The van der Waals surface area contributed by atoms with Crippen molar-refractivity contribution in [3.8, 4) is 11.5 Å². The highest BCUT2D eigenvalue weighted by Crippen LogP contribution is 2.52. The molecule has 0 radical (unpaired) electrons. The molecule has 0 fully saturated rings. The molecule has 0 bridgehead atoms. The van der Waals surface area contributed by atoms with Crippen LogP contribution in [0.5, 0.6) is 11.5 Å². The molecule has 3 aromatic carbocycles. The van der Waals surface area contributed by atoms with E-state index in [1.807, 2.05) is 12.1 Å². The third kappa shape index (κ3) is 6.11. The number of hydrogen-bond donors (Lipinski definition) is 0. The Morgan fingerprint density at radius 3 is 2.42 bits per heavy atom. The summed E-state index contributed by atoms with van der Waals surface area (Å²) in [6, 6.07) is 21.8. The van der Waals surface area contributed by atoms with Crippen LogP contribution in [0.4, 0.5) is 0 Å². The van der Waals surface area contributed by atoms with Crippen molar-refractivity contribution in [2.24, 2.45) is 10.8 Å². The Morgan fingerprint density at radius 2 is 1.63 bits per heavy atom. The van der Waals surface area contributed by atoms with Gasteiger partial charge in [-0.2, -0.15) is 4.89 Å². The molecule has 2 aliphatic carbocycles. The van der Waals surface area contributed by atoms with Crippen LogP contribution in [0.2, 0.25) is 0 Å². The second-order valence-corrected chi connectivity index (χ2v) is 14.3. The zero-order chi connectivity index (χ0) is 30.0. The van der Waals surface area contributed by atoms with Gasteiger partial charge in [0.15, 0.2) is 5.75 Å². The molecule has 3 aromatic rings. The van der Waals surface area contributed by atoms with Gasteiger partial charge in [0.05, 0.1) is 11.5 Å². The number of fused-ring (bicyclic) bond motifs is 7. The number of benzene rings is 3. The first-order chi connectivity index (χ1) is 20.8. The third-order valence-electron chi connectivity index (χ3n) is 10.6. The summed E-state index contributed by atoms with van der Waals surface area (Å²) in [5.41, 5.74) is 7.84. The molecular formula is C39H50O4. The Kier molecular flexibility index (Phi) is 8.89. The average Bonchev–Trinajstić information content (AvgIpc) is 3.19. The minimum Gasteiger partial charge on any atom is -0.464 e. The zero-order valence-electron chi connectivity index (χ0n) is 26.9. The van der Waals surface area contributed by atoms with Gasteiger partial charge in [-0.3, -0.25) is 0 Å². The molecule has 6 rings (SSSR count). The summed E-state index contributed by atoms with van der Waals surface area (Å²) in [6.45, 7) is 11.6. The summed E-state index contributed by atoms with van der Waals surface area (Å²) in [5.74, 6) is 1.87. The number of unbranched alkanes of at least 4 members (excludes halogenated alkanes) is 2. The van der Waals surface area contributed by atoms with Crippen molar-refractivity contribution < 1.29 is 19.2 Å². The van der Waals surface area contributed by atoms with Crippen molar-refractivity contribution in [3.05, 3.63) is 94.0 Å². The molecule has 0 spiro atoms. The monoisotopic (exact) mass is 582 g/mol. The molecule has 1 unspecified atom stereocenters. The van der Waals surface area contributed by atoms with Gasteiger partial charge in [0.25, 0.3) is 0 Å². The highest BCUT2D eigenvalue weighted by Gasteiger charge is 2.52. The van der Waals surface area contributed by atoms with E-state index in [0.717, 1.165) is 43.6 Å². The van der Waals surface area contributed by atoms with Gasteiger partial charge in [-0.15, -0.1) is 0 Å². The molecular weight excluding hydrogens is 532 g/mol. The van der Waals surface area contributed by atoms with E-state index in [0.29, 0.717) is 6.61 Å². The highest BCUT2D eigenvalue weighted by atomic mass is 17.2. The summed E-state index contributed by atoms with van der Waals surface area (Å²) >= 11 is 0. The molecule has 230 valence electrons. The van der Waals surface area contributed by atoms with E-state index in [4.69, 9.17) is 19.2 Å². The Morgan fingerprint density at radius 1 is 0.837 bits per heavy atom. The number of aryl methyl sites for hydroxylation is 3. The average molecular weight is 583 g/mol. The molecule has 0 saturated heterocycles. The van der Waals surface area contributed by atoms with Gasteiger partial charge in [-0.1, -0.05) is 89.9 Å². The molecule has 0 N–H and O–H groups in total. The summed E-state index contributed by atoms with van der Waals surface area (Å²) in [7, 11) is 0. The van der Waals surface area contributed by atoms with E-state index in [-0.39, 0.29) is 17.4 Å². The number of ether oxygens (including phenoxy) is 2. The molecule has 4 nitrogen and oxygen atoms in total. The lowest BCUT2D eigenvalue weighted by atomic mass is 9.67. The maximum absolute atomic E-state index is 7.14. The summed E-state index contributed by atoms with van der Waals surface area (Å²) in [5, 5.41) is 0. The van der Waals surface area contributed by atoms with E-state index in [2.05, 4.69) is 83.1 Å². The highest BCUT2D eigenvalue weighted by molar-refractivity contribution is 5.55. The van der Waals surface area contributed by atoms with Crippen molar-refractivity contribution >= 4 is 0 Å². The molecule has 4 atom stereocenters. The van der Waals surface area contributed by atoms with Crippen LogP contribution < -0.4 is 9.62 Å². The topological polar surface area (TPSA) is 36.9 Å². The minimum atomic E-state index is -0.494. The molecule has 3 aliphatic rings. The molecule has 4 heteroatoms. The maximum Gasteiger partial charge on any atom is 0.208 e. The lowest BCUT2D eigenvalue weighted by Crippen LogP contribution is -2.52. The SMILES string of the molecule is CCCCCc1ccc(OOC[C@](C)(C2Oc3ccc4c(c3[C@H]3c5ccccc5CC[C@H]3O2)CCCC4)C(C)(C)C)cc1. The summed E-state index contributed by atoms with van der Waals surface area (Å²) in [4.78, 5) is 11.9. The van der Waals surface area contributed by atoms with Crippen LogP contribution in [-0.4, -0.2) is 19.0 Å². The van der Waals surface area contributed by atoms with Gasteiger partial charge in [0.1, 0.15) is 12.4 Å². The lowest BCUT2D eigenvalue weighted by molar-refractivity contribution is -0.285. The first-order valence-corrected chi connectivity index (χ1v) is 16.7. The third-order valence-corrected chi connectivity index (χ3v) is 10.6. The Labute approximate surface area is 259 Å². The molecule has 0 amide bonds. The van der Waals surface area contributed by atoms with E-state index in [1.54, 1.807) is 0 Å². The summed E-state index contributed by atoms with van der Waals surface area (Å²) in [6.07, 6.45) is 11.1. The van der Waals surface area contributed by atoms with Crippen LogP contribution in [0.25, 0.3) is 0 Å². The van der Waals surface area contributed by atoms with Crippen LogP contribution >= 0.6 is 0 Å². The number of hydrogen-bond acceptors (Lipinski definition) is 4. The smallest absolute Gasteiger partial charge is 0.208 e. The fourth-order valence-electron chi connectivity index (χ4n) is 7.23. The lowest BCUT2D eigenvalue weighted by Gasteiger charge is -2.46. The fraction of sp³-hybridized carbons (Fsp3) is 0.538. The Bertz CT molecular complexity index is 1390. The first-order valence-electron chi connectivity index (χ1n) is 16.7. The minimum absolute atomic E-state index is 0.0393. The molecule has 43 heavy (non-hydrogen) atoms. The predicted octanol–water partition coefficient (Wildman–Crippen LogP) is 9.54. The quantitative estimate of drug-likeness (QED) is 0.143. The molecule has 0 saturated carbocycles. The second-order valence-electron chi connectivity index (χ2n) is 14.3. The summed E-state index contributed by atoms with van der Waals surface area (Å²) < 4.78 is 14.2. The van der Waals surface area contributed by atoms with Crippen LogP contribution in [0.3, 0.4) is 0 Å². The van der Waals surface area contributed by atoms with Gasteiger partial charge < -0.3 is 14.4 Å². The van der Waals surface area contributed by atoms with Crippen molar-refractivity contribution in [1.29, 1.82) is 0 Å². The van der Waals surface area contributed by atoms with Crippen molar-refractivity contribution in [2.45, 2.75) is 117 Å². The second kappa shape index (κ2) is 12.7. The van der Waals surface area contributed by atoms with Crippen LogP contribution in [-0.2, 0) is 35.3 Å². The molecule has 0 aromatic heterocycles. The van der Waals surface area contributed by atoms with Gasteiger partial charge in [0, 0.05) is 11.5 Å². The first kappa shape index (κ1) is 30.2. The van der Waals surface area contributed by atoms with Crippen molar-refractivity contribution in [1.82, 2.24) is 0 Å². The maximum atomic E-state index is 7.14. The van der Waals surface area contributed by atoms with Crippen LogP contribution in [0.15, 0.2) is 60.7 Å². The van der Waals surface area contributed by atoms with Crippen molar-refractivity contribution in [2.75, 3.05) is 6.61 Å². The molecule has 1 aliphatic heterocycles. The normalized spacial score (nSPS) is 22.6. The largest absolute Gasteiger partial charge is 0.464 e. The predicted molar refractivity (Wildman–Crippen MR) is 173 cm³/mol. The van der Waals surface area contributed by atoms with Gasteiger partial charge >= 0.3 is 0 Å². The van der Waals surface area contributed by atoms with Gasteiger partial charge in [0.2, 0.25) is 6.29 Å². The van der Waals surface area contributed by atoms with Crippen molar-refractivity contribution in [3.63, 3.8) is 0 Å². The van der Waals surface area contributed by atoms with Gasteiger partial charge in [-0.25, -0.2) is 0 Å². The standard InChI is InChI=1S/C39H50O4/c1-6-7-8-13-27-18-22-30(23-19-27)43-40-26-39(5,38(2,3)4)37-41-33-24-20-28-14-9-11-16-31(28)35(33)36-32-17-12-10-15-29(32)21-25-34(36)42-37/h9,11,14,16,18-19,21-23,25,33,35,37H,6-8,10,12-13,15,17,20,24,26H2,1-5H3/t33-,35+,37?,39-/m1/s1. The molecule has 1 heterocycles. The Balaban J connectivity index is 1.28. The Hall–Kier alpha value is -2.82. The van der Waals surface area contributed by atoms with E-state index in [9.17, 15) is 0 Å².